The van der Waals surface area contributed by atoms with Crippen LogP contribution < -0.4 is 10.1 Å². The third kappa shape index (κ3) is 2.92. The van der Waals surface area contributed by atoms with Gasteiger partial charge in [-0.1, -0.05) is 0 Å². The van der Waals surface area contributed by atoms with Crippen molar-refractivity contribution in [2.24, 2.45) is 0 Å². The van der Waals surface area contributed by atoms with Crippen LogP contribution in [-0.4, -0.2) is 29.1 Å². The van der Waals surface area contributed by atoms with E-state index in [4.69, 9.17) is 9.15 Å². The number of hydrogen-bond donors (Lipinski definition) is 1. The molecular formula is C17H19N3O3. The summed E-state index contributed by atoms with van der Waals surface area (Å²) in [6.45, 7) is 4.39. The van der Waals surface area contributed by atoms with Crippen LogP contribution in [0.25, 0.3) is 11.0 Å². The Balaban J connectivity index is 1.76. The highest BCUT2D eigenvalue weighted by Crippen LogP contribution is 2.28. The summed E-state index contributed by atoms with van der Waals surface area (Å²) in [5.74, 6) is 0.822. The number of hydrogen-bond acceptors (Lipinski definition) is 4. The van der Waals surface area contributed by atoms with E-state index in [-0.39, 0.29) is 11.9 Å². The van der Waals surface area contributed by atoms with Crippen LogP contribution in [0, 0.1) is 6.92 Å². The quantitative estimate of drug-likeness (QED) is 0.786. The number of nitrogens with one attached hydrogen (secondary N) is 1. The molecule has 3 aromatic rings. The smallest absolute Gasteiger partial charge is 0.287 e. The maximum atomic E-state index is 12.4. The van der Waals surface area contributed by atoms with Crippen molar-refractivity contribution >= 4 is 16.9 Å². The zero-order valence-corrected chi connectivity index (χ0v) is 13.4. The van der Waals surface area contributed by atoms with Gasteiger partial charge >= 0.3 is 0 Å². The zero-order valence-electron chi connectivity index (χ0n) is 13.4. The molecule has 0 aliphatic rings. The SMILES string of the molecule is COc1ccc2c(C)c(C(=O)NCC(C)n3ccnc3)oc2c1. The molecule has 0 radical (unpaired) electrons. The molecule has 3 rings (SSSR count). The minimum atomic E-state index is -0.218. The van der Waals surface area contributed by atoms with Crippen LogP contribution in [0.2, 0.25) is 0 Å². The highest BCUT2D eigenvalue weighted by Gasteiger charge is 2.18. The van der Waals surface area contributed by atoms with Crippen molar-refractivity contribution < 1.29 is 13.9 Å². The van der Waals surface area contributed by atoms with E-state index in [1.807, 2.05) is 36.7 Å². The van der Waals surface area contributed by atoms with Gasteiger partial charge in [-0.05, 0) is 26.0 Å². The summed E-state index contributed by atoms with van der Waals surface area (Å²) < 4.78 is 12.8. The van der Waals surface area contributed by atoms with Gasteiger partial charge in [-0.15, -0.1) is 0 Å². The maximum Gasteiger partial charge on any atom is 0.287 e. The van der Waals surface area contributed by atoms with E-state index in [2.05, 4.69) is 10.3 Å². The van der Waals surface area contributed by atoms with Gasteiger partial charge in [0.05, 0.1) is 13.4 Å². The summed E-state index contributed by atoms with van der Waals surface area (Å²) in [5.41, 5.74) is 1.48. The van der Waals surface area contributed by atoms with Crippen LogP contribution in [0.1, 0.15) is 29.1 Å². The Kier molecular flexibility index (Phi) is 4.06. The molecule has 1 unspecified atom stereocenters. The van der Waals surface area contributed by atoms with Gasteiger partial charge in [0.15, 0.2) is 5.76 Å². The summed E-state index contributed by atoms with van der Waals surface area (Å²) in [6.07, 6.45) is 5.32. The standard InChI is InChI=1S/C17H19N3O3/c1-11(20-7-6-18-10-20)9-19-17(21)16-12(2)14-5-4-13(22-3)8-15(14)23-16/h4-8,10-11H,9H2,1-3H3,(H,19,21). The molecule has 2 heterocycles. The number of amides is 1. The number of nitrogens with zero attached hydrogens (tertiary/aromatic N) is 2. The number of benzene rings is 1. The Morgan fingerprint density at radius 3 is 3.00 bits per heavy atom. The van der Waals surface area contributed by atoms with Crippen LogP contribution in [-0.2, 0) is 0 Å². The van der Waals surface area contributed by atoms with Gasteiger partial charge in [0.1, 0.15) is 11.3 Å². The second-order valence-electron chi connectivity index (χ2n) is 5.49. The summed E-state index contributed by atoms with van der Waals surface area (Å²) in [7, 11) is 1.60. The average Bonchev–Trinajstić information content (AvgIpc) is 3.20. The molecule has 0 fully saturated rings. The zero-order chi connectivity index (χ0) is 16.4. The van der Waals surface area contributed by atoms with E-state index in [0.29, 0.717) is 23.6 Å². The molecule has 1 amide bonds. The molecule has 1 aromatic carbocycles. The van der Waals surface area contributed by atoms with Crippen LogP contribution in [0.3, 0.4) is 0 Å². The lowest BCUT2D eigenvalue weighted by molar-refractivity contribution is 0.0922. The minimum absolute atomic E-state index is 0.117. The third-order valence-corrected chi connectivity index (χ3v) is 3.94. The summed E-state index contributed by atoms with van der Waals surface area (Å²) in [6, 6.07) is 5.66. The van der Waals surface area contributed by atoms with Crippen molar-refractivity contribution in [3.63, 3.8) is 0 Å². The third-order valence-electron chi connectivity index (χ3n) is 3.94. The number of fused-ring (bicyclic) bond motifs is 1. The number of rotatable bonds is 5. The summed E-state index contributed by atoms with van der Waals surface area (Å²) in [5, 5.41) is 3.82. The number of aromatic nitrogens is 2. The minimum Gasteiger partial charge on any atom is -0.497 e. The van der Waals surface area contributed by atoms with Gasteiger partial charge in [-0.25, -0.2) is 4.98 Å². The molecule has 1 atom stereocenters. The van der Waals surface area contributed by atoms with Crippen LogP contribution in [0.5, 0.6) is 5.75 Å². The van der Waals surface area contributed by atoms with Crippen molar-refractivity contribution in [1.82, 2.24) is 14.9 Å². The fourth-order valence-corrected chi connectivity index (χ4v) is 2.51. The first-order valence-corrected chi connectivity index (χ1v) is 7.43. The van der Waals surface area contributed by atoms with E-state index in [1.54, 1.807) is 25.7 Å². The number of imidazole rings is 1. The predicted octanol–water partition coefficient (Wildman–Crippen LogP) is 2.94. The molecule has 1 N–H and O–H groups in total. The number of ether oxygens (including phenoxy) is 1. The summed E-state index contributed by atoms with van der Waals surface area (Å²) >= 11 is 0. The van der Waals surface area contributed by atoms with Crippen LogP contribution >= 0.6 is 0 Å². The van der Waals surface area contributed by atoms with Gasteiger partial charge in [-0.3, -0.25) is 4.79 Å². The molecule has 0 bridgehead atoms. The normalized spacial score (nSPS) is 12.3. The molecule has 0 aliphatic carbocycles. The first-order chi connectivity index (χ1) is 11.1. The van der Waals surface area contributed by atoms with Crippen molar-refractivity contribution in [3.05, 3.63) is 48.2 Å². The van der Waals surface area contributed by atoms with Crippen LogP contribution in [0.15, 0.2) is 41.3 Å². The Morgan fingerprint density at radius 1 is 1.48 bits per heavy atom. The average molecular weight is 313 g/mol. The van der Waals surface area contributed by atoms with Crippen molar-refractivity contribution in [3.8, 4) is 5.75 Å². The Labute approximate surface area is 134 Å². The largest absolute Gasteiger partial charge is 0.497 e. The molecule has 23 heavy (non-hydrogen) atoms. The predicted molar refractivity (Wildman–Crippen MR) is 86.8 cm³/mol. The molecule has 6 nitrogen and oxygen atoms in total. The van der Waals surface area contributed by atoms with Crippen molar-refractivity contribution in [2.75, 3.05) is 13.7 Å². The fourth-order valence-electron chi connectivity index (χ4n) is 2.51. The second kappa shape index (κ2) is 6.16. The topological polar surface area (TPSA) is 69.3 Å². The Bertz CT molecular complexity index is 821. The number of carbonyl (C=O) groups excluding carboxylic acids is 1. The van der Waals surface area contributed by atoms with Gasteiger partial charge in [-0.2, -0.15) is 0 Å². The highest BCUT2D eigenvalue weighted by atomic mass is 16.5. The molecule has 0 aliphatic heterocycles. The number of furan rings is 1. The number of carbonyl (C=O) groups is 1. The van der Waals surface area contributed by atoms with E-state index in [9.17, 15) is 4.79 Å². The second-order valence-corrected chi connectivity index (χ2v) is 5.49. The summed E-state index contributed by atoms with van der Waals surface area (Å²) in [4.78, 5) is 16.4. The molecule has 0 spiro atoms. The Morgan fingerprint density at radius 2 is 2.30 bits per heavy atom. The molecule has 0 saturated carbocycles. The first kappa shape index (κ1) is 15.1. The lowest BCUT2D eigenvalue weighted by Crippen LogP contribution is -2.29. The molecule has 6 heteroatoms. The van der Waals surface area contributed by atoms with Gasteiger partial charge < -0.3 is 19.0 Å². The molecule has 120 valence electrons. The fraction of sp³-hybridized carbons (Fsp3) is 0.294. The molecular weight excluding hydrogens is 294 g/mol. The van der Waals surface area contributed by atoms with E-state index in [1.165, 1.54) is 0 Å². The number of methoxy groups -OCH3 is 1. The van der Waals surface area contributed by atoms with Crippen LogP contribution in [0.4, 0.5) is 0 Å². The first-order valence-electron chi connectivity index (χ1n) is 7.43. The molecule has 2 aromatic heterocycles. The van der Waals surface area contributed by atoms with E-state index < -0.39 is 0 Å². The van der Waals surface area contributed by atoms with Crippen molar-refractivity contribution in [2.45, 2.75) is 19.9 Å². The Hall–Kier alpha value is -2.76. The van der Waals surface area contributed by atoms with Gasteiger partial charge in [0.25, 0.3) is 5.91 Å². The molecule has 0 saturated heterocycles. The lowest BCUT2D eigenvalue weighted by Gasteiger charge is -2.13. The van der Waals surface area contributed by atoms with E-state index in [0.717, 1.165) is 10.9 Å². The van der Waals surface area contributed by atoms with Gasteiger partial charge in [0.2, 0.25) is 0 Å². The number of aryl methyl sites for hydroxylation is 1. The maximum absolute atomic E-state index is 12.4. The lowest BCUT2D eigenvalue weighted by atomic mass is 10.1. The van der Waals surface area contributed by atoms with E-state index >= 15 is 0 Å². The highest BCUT2D eigenvalue weighted by molar-refractivity contribution is 5.99. The van der Waals surface area contributed by atoms with Gasteiger partial charge in [0, 0.05) is 42.0 Å². The monoisotopic (exact) mass is 313 g/mol. The van der Waals surface area contributed by atoms with Crippen molar-refractivity contribution in [1.29, 1.82) is 0 Å².